The Kier molecular flexibility index (Phi) is 24.1. The number of urea groups is 4. The van der Waals surface area contributed by atoms with Crippen LogP contribution >= 0.6 is 23.5 Å². The average molecular weight is 1780 g/mol. The van der Waals surface area contributed by atoms with Crippen molar-refractivity contribution >= 4 is 107 Å². The summed E-state index contributed by atoms with van der Waals surface area (Å²) in [6.45, 7) is 0.0156. The van der Waals surface area contributed by atoms with Gasteiger partial charge in [0.05, 0.1) is 58.6 Å². The van der Waals surface area contributed by atoms with Gasteiger partial charge in [-0.1, -0.05) is 71.6 Å². The molecule has 4 saturated heterocycles. The monoisotopic (exact) mass is 1780 g/mol. The fraction of sp³-hybridized carbons (Fsp3) is 0.195. The van der Waals surface area contributed by atoms with E-state index in [0.717, 1.165) is 22.8 Å². The molecule has 0 radical (unpaired) electrons. The number of rotatable bonds is 13. The first-order valence-corrected chi connectivity index (χ1v) is 39.1. The minimum absolute atomic E-state index is 0.00877. The smallest absolute Gasteiger partial charge is 0.446 e. The highest BCUT2D eigenvalue weighted by Crippen LogP contribution is 2.39. The van der Waals surface area contributed by atoms with E-state index in [4.69, 9.17) is 14.2 Å². The van der Waals surface area contributed by atoms with Crippen LogP contribution in [0.5, 0.6) is 17.2 Å². The molecule has 127 heavy (non-hydrogen) atoms. The van der Waals surface area contributed by atoms with E-state index in [-0.39, 0.29) is 120 Å². The third-order valence-electron chi connectivity index (χ3n) is 20.5. The molecule has 4 fully saturated rings. The number of fused-ring (bicyclic) bond motifs is 5. The van der Waals surface area contributed by atoms with Crippen LogP contribution in [0.2, 0.25) is 0 Å². The Morgan fingerprint density at radius 2 is 0.598 bits per heavy atom. The summed E-state index contributed by atoms with van der Waals surface area (Å²) in [5.41, 5.74) is -9.27. The predicted molar refractivity (Wildman–Crippen MR) is 431 cm³/mol. The lowest BCUT2D eigenvalue weighted by molar-refractivity contribution is -0.123. The largest absolute Gasteiger partial charge is 0.497 e. The Balaban J connectivity index is 0.000000137. The Morgan fingerprint density at radius 3 is 0.898 bits per heavy atom. The number of ether oxygens (including phenoxy) is 3. The van der Waals surface area contributed by atoms with Gasteiger partial charge < -0.3 is 55.1 Å². The first-order valence-electron chi connectivity index (χ1n) is 37.4. The number of halogens is 8. The van der Waals surface area contributed by atoms with Crippen LogP contribution in [0.25, 0.3) is 0 Å². The van der Waals surface area contributed by atoms with E-state index in [2.05, 4.69) is 95.2 Å². The summed E-state index contributed by atoms with van der Waals surface area (Å²) >= 11 is -0.503. The molecule has 9 aliphatic heterocycles. The summed E-state index contributed by atoms with van der Waals surface area (Å²) in [5, 5.41) is 20.7. The van der Waals surface area contributed by atoms with Crippen molar-refractivity contribution in [3.05, 3.63) is 253 Å². The van der Waals surface area contributed by atoms with Gasteiger partial charge in [-0.25, -0.2) is 28.0 Å². The zero-order valence-corrected chi connectivity index (χ0v) is 67.4. The standard InChI is InChI=1S/C23H16N4O6.2C22H16F3N3O4S.C20H13F2N3O3/c1-33-14-4-3-13-10-27(20(30)16(13)9-14)11-23(21(31)25-22(32)26-23)7-6-12-2-5-15-17(8-12)19(29)24-18(15)28;2*1-32-15-5-4-14-11-28(18(29)17(14)10-15)12-21(19(30)26-20(31)27-21)9-8-13-2-6-16(7-3-13)33-22(23,24)25;21-14-4-1-12(2-5-14)7-8-20(18(27)23-19(28)24-20)11-25-10-13-3-6-15(22)9-16(13)17(25)26/h2-5,8-9H,10-11H2,1H3,(H,24,28,29)(H2,25,26,31,32);2*2-7,10H,11-12H2,1H3,(H2,26,27,30,31);1-6,9H,10-11H2,(H2,23,24,27,28)/t23-;2*21-;20-/m1101/s1. The number of alkyl halides is 6. The fourth-order valence-electron chi connectivity index (χ4n) is 14.3. The molecule has 9 heterocycles. The molecule has 40 heteroatoms. The highest BCUT2D eigenvalue weighted by molar-refractivity contribution is 8.00. The minimum atomic E-state index is -4.41. The fourth-order valence-corrected chi connectivity index (χ4v) is 15.4. The van der Waals surface area contributed by atoms with Gasteiger partial charge in [0, 0.05) is 80.5 Å². The van der Waals surface area contributed by atoms with Crippen molar-refractivity contribution in [2.45, 2.75) is 69.1 Å². The minimum Gasteiger partial charge on any atom is -0.497 e. The van der Waals surface area contributed by atoms with Gasteiger partial charge in [-0.15, -0.1) is 0 Å². The summed E-state index contributed by atoms with van der Waals surface area (Å²) in [7, 11) is 4.47. The van der Waals surface area contributed by atoms with Crippen molar-refractivity contribution in [1.82, 2.24) is 67.5 Å². The maximum Gasteiger partial charge on any atom is 0.446 e. The van der Waals surface area contributed by atoms with Crippen molar-refractivity contribution in [3.8, 4) is 64.6 Å². The molecule has 0 aliphatic carbocycles. The molecule has 17 rings (SSSR count). The number of nitrogens with zero attached hydrogens (tertiary/aromatic N) is 4. The van der Waals surface area contributed by atoms with E-state index in [0.29, 0.717) is 61.8 Å². The van der Waals surface area contributed by atoms with Crippen LogP contribution in [-0.2, 0) is 45.4 Å². The Hall–Kier alpha value is -15.7. The molecule has 4 atom stereocenters. The third-order valence-corrected chi connectivity index (χ3v) is 21.9. The van der Waals surface area contributed by atoms with Crippen LogP contribution in [0.3, 0.4) is 0 Å². The van der Waals surface area contributed by atoms with Crippen LogP contribution < -0.4 is 62.1 Å². The molecule has 644 valence electrons. The second-order valence-corrected chi connectivity index (χ2v) is 31.2. The Labute approximate surface area is 721 Å². The molecule has 0 spiro atoms. The number of carbonyl (C=O) groups excluding carboxylic acids is 14. The number of thioether (sulfide) groups is 2. The van der Waals surface area contributed by atoms with Crippen LogP contribution in [-0.4, -0.2) is 183 Å². The molecule has 8 aromatic rings. The van der Waals surface area contributed by atoms with Gasteiger partial charge in [0.25, 0.3) is 59.1 Å². The summed E-state index contributed by atoms with van der Waals surface area (Å²) in [6, 6.07) is 36.5. The van der Waals surface area contributed by atoms with Crippen LogP contribution in [0.15, 0.2) is 174 Å². The molecule has 8 aromatic carbocycles. The molecular weight excluding hydrogens is 1720 g/mol. The molecule has 30 nitrogen and oxygen atoms in total. The quantitative estimate of drug-likeness (QED) is 0.0177. The van der Waals surface area contributed by atoms with E-state index in [1.807, 2.05) is 0 Å². The maximum absolute atomic E-state index is 13.5. The predicted octanol–water partition coefficient (Wildman–Crippen LogP) is 7.50. The van der Waals surface area contributed by atoms with E-state index >= 15 is 0 Å². The Bertz CT molecular complexity index is 6170. The van der Waals surface area contributed by atoms with Gasteiger partial charge in [0.15, 0.2) is 0 Å². The second-order valence-electron chi connectivity index (χ2n) is 29.0. The molecule has 0 unspecified atom stereocenters. The van der Waals surface area contributed by atoms with Crippen molar-refractivity contribution in [2.75, 3.05) is 47.5 Å². The van der Waals surface area contributed by atoms with E-state index in [1.165, 1.54) is 144 Å². The number of hydrogen-bond donors (Lipinski definition) is 9. The molecule has 9 aliphatic rings. The topological polar surface area (TPSA) is 388 Å². The SMILES string of the molecule is COc1ccc2c(c1)C(=O)N(C[C@@]1(C#Cc3ccc(SC(F)(F)F)cc3)NC(=O)NC1=O)C2.COc1ccc2c(c1)C(=O)N(C[C@@]1(C#Cc3ccc4c(c3)C(=O)NC4=O)NC(=O)NC1=O)C2.COc1ccc2c(c1)C(=O)N(C[C@]1(C#Cc3ccc(SC(F)(F)F)cc3)NC(=O)NC1=O)C2.O=C1NC(=O)[C@@](C#Cc2ccc(F)cc2)(CN2Cc3ccc(F)cc3C2=O)N1. The number of nitrogens with one attached hydrogen (secondary N) is 9. The highest BCUT2D eigenvalue weighted by atomic mass is 32.2. The van der Waals surface area contributed by atoms with E-state index in [9.17, 15) is 102 Å². The third kappa shape index (κ3) is 19.2. The lowest BCUT2D eigenvalue weighted by Gasteiger charge is -2.26. The van der Waals surface area contributed by atoms with Gasteiger partial charge in [-0.05, 0) is 185 Å². The molecule has 0 saturated carbocycles. The van der Waals surface area contributed by atoms with Crippen LogP contribution in [0.1, 0.15) is 107 Å². The van der Waals surface area contributed by atoms with Crippen molar-refractivity contribution in [2.24, 2.45) is 0 Å². The summed E-state index contributed by atoms with van der Waals surface area (Å²) in [4.78, 5) is 178. The zero-order valence-electron chi connectivity index (χ0n) is 65.8. The van der Waals surface area contributed by atoms with E-state index in [1.54, 1.807) is 54.6 Å². The lowest BCUT2D eigenvalue weighted by atomic mass is 9.98. The number of carbonyl (C=O) groups is 14. The maximum atomic E-state index is 13.5. The normalized spacial score (nSPS) is 20.0. The van der Waals surface area contributed by atoms with Gasteiger partial charge in [-0.2, -0.15) is 26.3 Å². The molecule has 9 N–H and O–H groups in total. The molecular formula is C87H61F8N13O17S2. The average Bonchev–Trinajstić information content (AvgIpc) is 1.64. The van der Waals surface area contributed by atoms with Crippen LogP contribution in [0.4, 0.5) is 54.3 Å². The number of amides is 18. The number of hydrogen-bond acceptors (Lipinski definition) is 19. The van der Waals surface area contributed by atoms with Crippen LogP contribution in [0, 0.1) is 59.0 Å². The zero-order chi connectivity index (χ0) is 90.8. The highest BCUT2D eigenvalue weighted by Gasteiger charge is 2.53. The van der Waals surface area contributed by atoms with Crippen molar-refractivity contribution in [1.29, 1.82) is 0 Å². The Morgan fingerprint density at radius 1 is 0.323 bits per heavy atom. The van der Waals surface area contributed by atoms with Gasteiger partial charge in [0.1, 0.15) is 28.9 Å². The number of imide groups is 5. The first-order chi connectivity index (χ1) is 60.3. The molecule has 18 amide bonds. The van der Waals surface area contributed by atoms with Crippen molar-refractivity contribution in [3.63, 3.8) is 0 Å². The summed E-state index contributed by atoms with van der Waals surface area (Å²) in [6.07, 6.45) is 0. The lowest BCUT2D eigenvalue weighted by Crippen LogP contribution is -2.54. The van der Waals surface area contributed by atoms with E-state index < -0.39 is 110 Å². The summed E-state index contributed by atoms with van der Waals surface area (Å²) < 4.78 is 117. The van der Waals surface area contributed by atoms with Gasteiger partial charge in [-0.3, -0.25) is 74.5 Å². The number of benzene rings is 8. The second kappa shape index (κ2) is 34.9. The first kappa shape index (κ1) is 87.7. The van der Waals surface area contributed by atoms with Crippen molar-refractivity contribution < 1.29 is 116 Å². The molecule has 0 bridgehead atoms. The van der Waals surface area contributed by atoms with Gasteiger partial charge in [0.2, 0.25) is 22.2 Å². The summed E-state index contributed by atoms with van der Waals surface area (Å²) in [5.74, 6) is 17.2. The number of methoxy groups -OCH3 is 3. The van der Waals surface area contributed by atoms with Gasteiger partial charge >= 0.3 is 35.1 Å². The molecule has 0 aromatic heterocycles.